The van der Waals surface area contributed by atoms with Gasteiger partial charge >= 0.3 is 6.61 Å². The van der Waals surface area contributed by atoms with Gasteiger partial charge in [-0.3, -0.25) is 9.59 Å². The van der Waals surface area contributed by atoms with Crippen molar-refractivity contribution in [1.82, 2.24) is 0 Å². The average molecular weight is 228 g/mol. The summed E-state index contributed by atoms with van der Waals surface area (Å²) < 4.78 is 28.2. The molecule has 0 fully saturated rings. The van der Waals surface area contributed by atoms with Crippen LogP contribution < -0.4 is 4.74 Å². The number of rotatable bonds is 4. The predicted octanol–water partition coefficient (Wildman–Crippen LogP) is 2.61. The molecule has 0 bridgehead atoms. The Hall–Kier alpha value is -1.78. The first kappa shape index (κ1) is 12.3. The van der Waals surface area contributed by atoms with Gasteiger partial charge in [0.05, 0.1) is 5.56 Å². The Balaban J connectivity index is 3.29. The lowest BCUT2D eigenvalue weighted by molar-refractivity contribution is -0.0500. The fourth-order valence-electron chi connectivity index (χ4n) is 1.43. The summed E-state index contributed by atoms with van der Waals surface area (Å²) in [6.45, 7) is -0.148. The van der Waals surface area contributed by atoms with E-state index in [1.807, 2.05) is 0 Å². The van der Waals surface area contributed by atoms with Crippen molar-refractivity contribution in [3.8, 4) is 5.75 Å². The molecule has 0 aliphatic rings. The number of carbonyl (C=O) groups is 2. The van der Waals surface area contributed by atoms with Crippen LogP contribution in [-0.2, 0) is 0 Å². The van der Waals surface area contributed by atoms with E-state index in [4.69, 9.17) is 0 Å². The van der Waals surface area contributed by atoms with Crippen molar-refractivity contribution in [2.24, 2.45) is 0 Å². The van der Waals surface area contributed by atoms with Crippen molar-refractivity contribution in [3.05, 3.63) is 28.8 Å². The molecule has 1 rings (SSSR count). The lowest BCUT2D eigenvalue weighted by atomic mass is 10.00. The normalized spacial score (nSPS) is 10.3. The van der Waals surface area contributed by atoms with E-state index >= 15 is 0 Å². The first-order chi connectivity index (χ1) is 7.47. The van der Waals surface area contributed by atoms with Crippen LogP contribution in [0.4, 0.5) is 8.78 Å². The Labute approximate surface area is 91.0 Å². The third kappa shape index (κ3) is 2.42. The number of alkyl halides is 2. The number of halogens is 2. The van der Waals surface area contributed by atoms with Crippen molar-refractivity contribution in [2.75, 3.05) is 0 Å². The first-order valence-corrected chi connectivity index (χ1v) is 4.52. The number of ether oxygens (including phenoxy) is 1. The van der Waals surface area contributed by atoms with Crippen LogP contribution in [-0.4, -0.2) is 18.7 Å². The third-order valence-corrected chi connectivity index (χ3v) is 2.19. The minimum atomic E-state index is -3.00. The highest BCUT2D eigenvalue weighted by molar-refractivity contribution is 5.98. The Kier molecular flexibility index (Phi) is 3.71. The molecule has 0 saturated heterocycles. The van der Waals surface area contributed by atoms with Gasteiger partial charge in [0, 0.05) is 5.56 Å². The number of hydrogen-bond donors (Lipinski definition) is 0. The molecule has 0 radical (unpaired) electrons. The molecule has 0 heterocycles. The minimum absolute atomic E-state index is 0.0204. The van der Waals surface area contributed by atoms with E-state index in [9.17, 15) is 18.4 Å². The van der Waals surface area contributed by atoms with Crippen LogP contribution in [0.1, 0.15) is 33.2 Å². The zero-order valence-electron chi connectivity index (χ0n) is 8.79. The predicted molar refractivity (Wildman–Crippen MR) is 53.2 cm³/mol. The molecule has 0 unspecified atom stereocenters. The number of aldehydes is 1. The molecule has 0 aromatic heterocycles. The Bertz CT molecular complexity index is 427. The second kappa shape index (κ2) is 4.83. The number of benzene rings is 1. The summed E-state index contributed by atoms with van der Waals surface area (Å²) >= 11 is 0. The van der Waals surface area contributed by atoms with Gasteiger partial charge in [-0.15, -0.1) is 0 Å². The van der Waals surface area contributed by atoms with Crippen molar-refractivity contribution in [3.63, 3.8) is 0 Å². The molecule has 1 aromatic carbocycles. The topological polar surface area (TPSA) is 43.4 Å². The summed E-state index contributed by atoms with van der Waals surface area (Å²) in [6.07, 6.45) is 0.402. The number of Topliss-reactive ketones (excluding diaryl/α,β-unsaturated/α-hetero) is 1. The third-order valence-electron chi connectivity index (χ3n) is 2.19. The SMILES string of the molecule is CC(=O)c1ccc(OC(F)F)c(C=O)c1C. The molecule has 3 nitrogen and oxygen atoms in total. The highest BCUT2D eigenvalue weighted by Crippen LogP contribution is 2.25. The maximum Gasteiger partial charge on any atom is 0.387 e. The van der Waals surface area contributed by atoms with Crippen LogP contribution in [0.15, 0.2) is 12.1 Å². The summed E-state index contributed by atoms with van der Waals surface area (Å²) in [6, 6.07) is 2.56. The van der Waals surface area contributed by atoms with Crippen LogP contribution in [0.2, 0.25) is 0 Å². The smallest absolute Gasteiger partial charge is 0.387 e. The fraction of sp³-hybridized carbons (Fsp3) is 0.273. The van der Waals surface area contributed by atoms with Crippen LogP contribution in [0, 0.1) is 6.92 Å². The van der Waals surface area contributed by atoms with E-state index in [-0.39, 0.29) is 17.1 Å². The summed E-state index contributed by atoms with van der Waals surface area (Å²) in [5.74, 6) is -0.448. The molecule has 0 saturated carbocycles. The summed E-state index contributed by atoms with van der Waals surface area (Å²) in [7, 11) is 0. The van der Waals surface area contributed by atoms with Gasteiger partial charge < -0.3 is 4.74 Å². The maximum absolute atomic E-state index is 12.0. The van der Waals surface area contributed by atoms with Crippen LogP contribution >= 0.6 is 0 Å². The van der Waals surface area contributed by atoms with Crippen molar-refractivity contribution >= 4 is 12.1 Å². The second-order valence-electron chi connectivity index (χ2n) is 3.20. The molecule has 0 aliphatic carbocycles. The molecule has 1 aromatic rings. The zero-order chi connectivity index (χ0) is 12.3. The van der Waals surface area contributed by atoms with Gasteiger partial charge in [-0.25, -0.2) is 0 Å². The molecule has 0 aliphatic heterocycles. The molecule has 0 spiro atoms. The second-order valence-corrected chi connectivity index (χ2v) is 3.20. The van der Waals surface area contributed by atoms with Gasteiger partial charge in [-0.1, -0.05) is 0 Å². The number of hydrogen-bond acceptors (Lipinski definition) is 3. The molecule has 86 valence electrons. The molecular weight excluding hydrogens is 218 g/mol. The zero-order valence-corrected chi connectivity index (χ0v) is 8.79. The first-order valence-electron chi connectivity index (χ1n) is 4.52. The lowest BCUT2D eigenvalue weighted by Gasteiger charge is -2.11. The Morgan fingerprint density at radius 2 is 2.06 bits per heavy atom. The molecule has 16 heavy (non-hydrogen) atoms. The molecule has 0 amide bonds. The molecule has 5 heteroatoms. The molecule has 0 atom stereocenters. The minimum Gasteiger partial charge on any atom is -0.434 e. The lowest BCUT2D eigenvalue weighted by Crippen LogP contribution is -2.07. The van der Waals surface area contributed by atoms with E-state index < -0.39 is 6.61 Å². The van der Waals surface area contributed by atoms with Crippen LogP contribution in [0.25, 0.3) is 0 Å². The maximum atomic E-state index is 12.0. The van der Waals surface area contributed by atoms with Gasteiger partial charge in [0.25, 0.3) is 0 Å². The van der Waals surface area contributed by atoms with E-state index in [0.29, 0.717) is 17.4 Å². The monoisotopic (exact) mass is 228 g/mol. The average Bonchev–Trinajstić information content (AvgIpc) is 2.16. The van der Waals surface area contributed by atoms with Crippen LogP contribution in [0.5, 0.6) is 5.75 Å². The van der Waals surface area contributed by atoms with Gasteiger partial charge in [-0.2, -0.15) is 8.78 Å². The highest BCUT2D eigenvalue weighted by atomic mass is 19.3. The van der Waals surface area contributed by atoms with Gasteiger partial charge in [0.1, 0.15) is 5.75 Å². The van der Waals surface area contributed by atoms with E-state index in [1.54, 1.807) is 0 Å². The summed E-state index contributed by atoms with van der Waals surface area (Å²) in [5, 5.41) is 0. The fourth-order valence-corrected chi connectivity index (χ4v) is 1.43. The summed E-state index contributed by atoms with van der Waals surface area (Å²) in [4.78, 5) is 21.9. The summed E-state index contributed by atoms with van der Waals surface area (Å²) in [5.41, 5.74) is 0.650. The van der Waals surface area contributed by atoms with E-state index in [0.717, 1.165) is 0 Å². The molecule has 0 N–H and O–H groups in total. The Morgan fingerprint density at radius 3 is 2.50 bits per heavy atom. The number of ketones is 1. The number of carbonyl (C=O) groups excluding carboxylic acids is 2. The largest absolute Gasteiger partial charge is 0.434 e. The Morgan fingerprint density at radius 1 is 1.44 bits per heavy atom. The van der Waals surface area contributed by atoms with Gasteiger partial charge in [0.2, 0.25) is 0 Å². The highest BCUT2D eigenvalue weighted by Gasteiger charge is 2.15. The van der Waals surface area contributed by atoms with Crippen LogP contribution in [0.3, 0.4) is 0 Å². The van der Waals surface area contributed by atoms with E-state index in [2.05, 4.69) is 4.74 Å². The van der Waals surface area contributed by atoms with Gasteiger partial charge in [0.15, 0.2) is 12.1 Å². The van der Waals surface area contributed by atoms with Gasteiger partial charge in [-0.05, 0) is 31.5 Å². The standard InChI is InChI=1S/C11H10F2O3/c1-6-8(7(2)15)3-4-10(9(6)5-14)16-11(12)13/h3-5,11H,1-2H3. The quantitative estimate of drug-likeness (QED) is 0.587. The van der Waals surface area contributed by atoms with E-state index in [1.165, 1.54) is 26.0 Å². The van der Waals surface area contributed by atoms with Crippen molar-refractivity contribution in [2.45, 2.75) is 20.5 Å². The van der Waals surface area contributed by atoms with Crippen molar-refractivity contribution in [1.29, 1.82) is 0 Å². The van der Waals surface area contributed by atoms with Crippen molar-refractivity contribution < 1.29 is 23.1 Å². The molecular formula is C11H10F2O3.